The van der Waals surface area contributed by atoms with Crippen molar-refractivity contribution in [1.29, 1.82) is 0 Å². The number of piperidine rings is 1. The molecule has 3 atom stereocenters. The maximum absolute atomic E-state index is 12.0. The first-order valence-electron chi connectivity index (χ1n) is 8.85. The minimum atomic E-state index is -0.427. The third-order valence-corrected chi connectivity index (χ3v) is 4.98. The summed E-state index contributed by atoms with van der Waals surface area (Å²) in [4.78, 5) is 14.4. The molecule has 1 N–H and O–H groups in total. The number of rotatable bonds is 7. The van der Waals surface area contributed by atoms with Crippen molar-refractivity contribution in [3.05, 3.63) is 34.2 Å². The van der Waals surface area contributed by atoms with Crippen molar-refractivity contribution in [2.24, 2.45) is 5.92 Å². The fourth-order valence-corrected chi connectivity index (χ4v) is 3.96. The van der Waals surface area contributed by atoms with Crippen molar-refractivity contribution in [2.75, 3.05) is 32.8 Å². The molecule has 2 bridgehead atoms. The number of pyridine rings is 1. The monoisotopic (exact) mass is 320 g/mol. The van der Waals surface area contributed by atoms with Crippen LogP contribution in [0.3, 0.4) is 0 Å². The first-order valence-corrected chi connectivity index (χ1v) is 8.85. The maximum atomic E-state index is 12.0. The molecule has 0 aromatic carbocycles. The number of nitrogens with zero attached hydrogens (tertiary/aromatic N) is 2. The van der Waals surface area contributed by atoms with Crippen LogP contribution in [0.5, 0.6) is 0 Å². The van der Waals surface area contributed by atoms with Gasteiger partial charge in [0.15, 0.2) is 0 Å². The summed E-state index contributed by atoms with van der Waals surface area (Å²) in [6, 6.07) is 5.60. The Labute approximate surface area is 137 Å². The molecule has 0 aliphatic carbocycles. The number of aliphatic hydroxyl groups excluding tert-OH is 1. The highest BCUT2D eigenvalue weighted by molar-refractivity contribution is 5.16. The summed E-state index contributed by atoms with van der Waals surface area (Å²) in [5.74, 6) is 0.916. The Balaban J connectivity index is 1.56. The highest BCUT2D eigenvalue weighted by atomic mass is 16.5. The van der Waals surface area contributed by atoms with Crippen LogP contribution in [-0.4, -0.2) is 53.5 Å². The second-order valence-electron chi connectivity index (χ2n) is 7.00. The first kappa shape index (κ1) is 16.7. The van der Waals surface area contributed by atoms with Crippen LogP contribution < -0.4 is 5.56 Å². The second-order valence-corrected chi connectivity index (χ2v) is 7.00. The molecule has 128 valence electrons. The van der Waals surface area contributed by atoms with Crippen LogP contribution in [0.1, 0.15) is 37.8 Å². The van der Waals surface area contributed by atoms with E-state index in [2.05, 4.69) is 17.9 Å². The van der Waals surface area contributed by atoms with Gasteiger partial charge in [-0.05, 0) is 24.8 Å². The van der Waals surface area contributed by atoms with E-state index in [4.69, 9.17) is 4.74 Å². The first-order chi connectivity index (χ1) is 11.2. The Bertz CT molecular complexity index is 572. The van der Waals surface area contributed by atoms with Gasteiger partial charge in [0, 0.05) is 50.5 Å². The molecule has 0 radical (unpaired) electrons. The van der Waals surface area contributed by atoms with Crippen LogP contribution in [0, 0.1) is 5.92 Å². The van der Waals surface area contributed by atoms with E-state index in [1.165, 1.54) is 0 Å². The minimum Gasteiger partial charge on any atom is -0.389 e. The van der Waals surface area contributed by atoms with Crippen molar-refractivity contribution >= 4 is 0 Å². The lowest BCUT2D eigenvalue weighted by Crippen LogP contribution is -2.49. The van der Waals surface area contributed by atoms with Gasteiger partial charge in [-0.2, -0.15) is 0 Å². The van der Waals surface area contributed by atoms with Gasteiger partial charge in [-0.25, -0.2) is 0 Å². The summed E-state index contributed by atoms with van der Waals surface area (Å²) in [6.07, 6.45) is 2.89. The van der Waals surface area contributed by atoms with Gasteiger partial charge in [-0.15, -0.1) is 0 Å². The van der Waals surface area contributed by atoms with E-state index in [-0.39, 0.29) is 5.56 Å². The fourth-order valence-electron chi connectivity index (χ4n) is 3.96. The van der Waals surface area contributed by atoms with Crippen LogP contribution in [-0.2, 0) is 11.3 Å². The van der Waals surface area contributed by atoms with Crippen molar-refractivity contribution in [2.45, 2.75) is 44.8 Å². The molecule has 0 amide bonds. The quantitative estimate of drug-likeness (QED) is 0.773. The average Bonchev–Trinajstić information content (AvgIpc) is 2.53. The van der Waals surface area contributed by atoms with E-state index in [0.29, 0.717) is 25.0 Å². The largest absolute Gasteiger partial charge is 0.389 e. The fraction of sp³-hybridized carbons (Fsp3) is 0.722. The number of aliphatic hydroxyl groups is 1. The summed E-state index contributed by atoms with van der Waals surface area (Å²) >= 11 is 0. The van der Waals surface area contributed by atoms with E-state index >= 15 is 0 Å². The normalized spacial score (nSPS) is 25.1. The number of fused-ring (bicyclic) bond motifs is 4. The molecule has 23 heavy (non-hydrogen) atoms. The molecule has 0 saturated carbocycles. The Morgan fingerprint density at radius 2 is 2.22 bits per heavy atom. The third kappa shape index (κ3) is 4.03. The molecule has 5 nitrogen and oxygen atoms in total. The molecule has 0 spiro atoms. The smallest absolute Gasteiger partial charge is 0.250 e. The van der Waals surface area contributed by atoms with E-state index < -0.39 is 6.10 Å². The number of aromatic nitrogens is 1. The van der Waals surface area contributed by atoms with Crippen LogP contribution in [0.2, 0.25) is 0 Å². The number of ether oxygens (including phenoxy) is 1. The standard InChI is InChI=1S/C18H28N2O3/c1-2-3-7-23-13-16(21)12-19-9-14-8-15(11-19)17-5-4-6-18(22)20(17)10-14/h4-6,14-16,21H,2-3,7-13H2,1H3/t14-,15+,16+/m0/s1. The van der Waals surface area contributed by atoms with E-state index in [0.717, 1.165) is 51.2 Å². The SMILES string of the molecule is CCCCOC[C@H](O)CN1C[C@@H]2C[C@H](C1)c1cccc(=O)n1C2. The van der Waals surface area contributed by atoms with Crippen molar-refractivity contribution in [1.82, 2.24) is 9.47 Å². The summed E-state index contributed by atoms with van der Waals surface area (Å²) < 4.78 is 7.47. The van der Waals surface area contributed by atoms with Gasteiger partial charge < -0.3 is 14.4 Å². The number of likely N-dealkylation sites (tertiary alicyclic amines) is 1. The topological polar surface area (TPSA) is 54.7 Å². The van der Waals surface area contributed by atoms with Gasteiger partial charge in [0.25, 0.3) is 5.56 Å². The van der Waals surface area contributed by atoms with E-state index in [1.54, 1.807) is 6.07 Å². The number of hydrogen-bond acceptors (Lipinski definition) is 4. The van der Waals surface area contributed by atoms with Gasteiger partial charge in [0.2, 0.25) is 0 Å². The summed E-state index contributed by atoms with van der Waals surface area (Å²) in [6.45, 7) is 6.64. The van der Waals surface area contributed by atoms with Crippen molar-refractivity contribution < 1.29 is 9.84 Å². The Hall–Kier alpha value is -1.17. The zero-order chi connectivity index (χ0) is 16.2. The zero-order valence-corrected chi connectivity index (χ0v) is 14.0. The molecule has 2 aliphatic heterocycles. The van der Waals surface area contributed by atoms with Gasteiger partial charge in [-0.1, -0.05) is 19.4 Å². The lowest BCUT2D eigenvalue weighted by atomic mass is 9.83. The molecule has 3 heterocycles. The molecule has 1 aromatic rings. The highest BCUT2D eigenvalue weighted by Gasteiger charge is 2.34. The van der Waals surface area contributed by atoms with Crippen LogP contribution in [0.15, 0.2) is 23.0 Å². The summed E-state index contributed by atoms with van der Waals surface area (Å²) in [5.41, 5.74) is 1.28. The predicted molar refractivity (Wildman–Crippen MR) is 89.7 cm³/mol. The molecule has 1 fully saturated rings. The average molecular weight is 320 g/mol. The van der Waals surface area contributed by atoms with Crippen molar-refractivity contribution in [3.8, 4) is 0 Å². The van der Waals surface area contributed by atoms with Gasteiger partial charge in [0.05, 0.1) is 12.7 Å². The summed E-state index contributed by atoms with van der Waals surface area (Å²) in [5, 5.41) is 10.2. The molecule has 1 saturated heterocycles. The molecule has 2 aliphatic rings. The molecular formula is C18H28N2O3. The number of hydrogen-bond donors (Lipinski definition) is 1. The van der Waals surface area contributed by atoms with Crippen LogP contribution in [0.4, 0.5) is 0 Å². The molecular weight excluding hydrogens is 292 g/mol. The predicted octanol–water partition coefficient (Wildman–Crippen LogP) is 1.44. The summed E-state index contributed by atoms with van der Waals surface area (Å²) in [7, 11) is 0. The highest BCUT2D eigenvalue weighted by Crippen LogP contribution is 2.34. The van der Waals surface area contributed by atoms with Gasteiger partial charge >= 0.3 is 0 Å². The van der Waals surface area contributed by atoms with E-state index in [9.17, 15) is 9.90 Å². The van der Waals surface area contributed by atoms with Crippen molar-refractivity contribution in [3.63, 3.8) is 0 Å². The van der Waals surface area contributed by atoms with Crippen LogP contribution in [0.25, 0.3) is 0 Å². The maximum Gasteiger partial charge on any atom is 0.250 e. The van der Waals surface area contributed by atoms with Gasteiger partial charge in [0.1, 0.15) is 0 Å². The van der Waals surface area contributed by atoms with E-state index in [1.807, 2.05) is 10.6 Å². The van der Waals surface area contributed by atoms with Crippen LogP contribution >= 0.6 is 0 Å². The Morgan fingerprint density at radius 3 is 3.04 bits per heavy atom. The Kier molecular flexibility index (Phi) is 5.51. The number of unbranched alkanes of at least 4 members (excludes halogenated alkanes) is 1. The Morgan fingerprint density at radius 1 is 1.35 bits per heavy atom. The lowest BCUT2D eigenvalue weighted by molar-refractivity contribution is 0.00227. The lowest BCUT2D eigenvalue weighted by Gasteiger charge is -2.43. The molecule has 0 unspecified atom stereocenters. The third-order valence-electron chi connectivity index (χ3n) is 4.98. The number of β-amino-alcohol motifs (C(OH)–C–C–N with tert-alkyl or cyclic N) is 1. The molecule has 3 rings (SSSR count). The second kappa shape index (κ2) is 7.60. The zero-order valence-electron chi connectivity index (χ0n) is 14.0. The molecule has 5 heteroatoms. The molecule has 1 aromatic heterocycles. The minimum absolute atomic E-state index is 0.120. The van der Waals surface area contributed by atoms with Gasteiger partial charge in [-0.3, -0.25) is 9.69 Å².